The molecular formula is C39H53ClN2O6Si. The molecule has 2 aromatic carbocycles. The fourth-order valence-electron chi connectivity index (χ4n) is 7.97. The summed E-state index contributed by atoms with van der Waals surface area (Å²) in [6.07, 6.45) is 9.40. The van der Waals surface area contributed by atoms with E-state index in [1.54, 1.807) is 25.2 Å². The number of nitrogens with zero attached hydrogens (tertiary/aromatic N) is 2. The van der Waals surface area contributed by atoms with E-state index in [-0.39, 0.29) is 22.1 Å². The Balaban J connectivity index is 1.45. The van der Waals surface area contributed by atoms with Crippen molar-refractivity contribution >= 4 is 37.5 Å². The van der Waals surface area contributed by atoms with E-state index in [0.717, 1.165) is 49.4 Å². The Morgan fingerprint density at radius 3 is 2.61 bits per heavy atom. The van der Waals surface area contributed by atoms with E-state index in [1.807, 2.05) is 6.07 Å². The van der Waals surface area contributed by atoms with Crippen LogP contribution in [-0.2, 0) is 31.5 Å². The Kier molecular flexibility index (Phi) is 9.81. The number of hydrogen-bond donors (Lipinski definition) is 2. The van der Waals surface area contributed by atoms with Crippen molar-refractivity contribution in [1.82, 2.24) is 4.90 Å². The largest absolute Gasteiger partial charge is 0.490 e. The van der Waals surface area contributed by atoms with Gasteiger partial charge in [0.15, 0.2) is 13.9 Å². The molecular weight excluding hydrogens is 656 g/mol. The predicted molar refractivity (Wildman–Crippen MR) is 196 cm³/mol. The summed E-state index contributed by atoms with van der Waals surface area (Å²) in [7, 11) is -0.445. The summed E-state index contributed by atoms with van der Waals surface area (Å²) < 4.78 is 13.8. The summed E-state index contributed by atoms with van der Waals surface area (Å²) in [5.41, 5.74) is 0.754. The molecule has 10 heteroatoms. The number of ether oxygens (including phenoxy) is 1. The highest BCUT2D eigenvalue weighted by molar-refractivity contribution is 6.74. The minimum Gasteiger partial charge on any atom is -0.490 e. The minimum atomic E-state index is -2.39. The lowest BCUT2D eigenvalue weighted by molar-refractivity contribution is -0.164. The zero-order chi connectivity index (χ0) is 35.4. The monoisotopic (exact) mass is 708 g/mol. The first kappa shape index (κ1) is 36.0. The van der Waals surface area contributed by atoms with Crippen LogP contribution in [0.25, 0.3) is 0 Å². The molecule has 49 heavy (non-hydrogen) atoms. The third-order valence-corrected chi connectivity index (χ3v) is 17.0. The smallest absolute Gasteiger partial charge is 0.340 e. The topological polar surface area (TPSA) is 99.5 Å². The molecule has 2 bridgehead atoms. The molecule has 2 aliphatic carbocycles. The summed E-state index contributed by atoms with van der Waals surface area (Å²) in [5.74, 6) is -0.565. The van der Waals surface area contributed by atoms with Crippen LogP contribution in [0.1, 0.15) is 76.0 Å². The van der Waals surface area contributed by atoms with Crippen LogP contribution in [0.15, 0.2) is 48.6 Å². The first-order valence-electron chi connectivity index (χ1n) is 17.9. The highest BCUT2D eigenvalue weighted by atomic mass is 35.5. The van der Waals surface area contributed by atoms with Crippen molar-refractivity contribution in [3.63, 3.8) is 0 Å². The second kappa shape index (κ2) is 13.4. The Labute approximate surface area is 297 Å². The Bertz CT molecular complexity index is 1620. The molecule has 0 aromatic heterocycles. The van der Waals surface area contributed by atoms with E-state index in [2.05, 4.69) is 63.0 Å². The van der Waals surface area contributed by atoms with Crippen LogP contribution in [0.3, 0.4) is 0 Å². The highest BCUT2D eigenvalue weighted by Crippen LogP contribution is 2.49. The molecule has 1 saturated carbocycles. The van der Waals surface area contributed by atoms with Crippen LogP contribution in [0.5, 0.6) is 5.75 Å². The molecule has 266 valence electrons. The van der Waals surface area contributed by atoms with Crippen LogP contribution in [0.2, 0.25) is 23.2 Å². The summed E-state index contributed by atoms with van der Waals surface area (Å²) in [4.78, 5) is 30.0. The maximum atomic E-state index is 13.4. The molecule has 0 saturated heterocycles. The second-order valence-corrected chi connectivity index (χ2v) is 21.7. The number of halogens is 1. The Morgan fingerprint density at radius 1 is 1.14 bits per heavy atom. The van der Waals surface area contributed by atoms with Crippen molar-refractivity contribution in [2.24, 2.45) is 11.8 Å². The van der Waals surface area contributed by atoms with E-state index in [9.17, 15) is 19.8 Å². The molecule has 1 amide bonds. The van der Waals surface area contributed by atoms with Gasteiger partial charge in [-0.3, -0.25) is 4.79 Å². The summed E-state index contributed by atoms with van der Waals surface area (Å²) in [6, 6.07) is 11.3. The first-order valence-corrected chi connectivity index (χ1v) is 21.2. The van der Waals surface area contributed by atoms with Gasteiger partial charge in [-0.2, -0.15) is 0 Å². The molecule has 0 unspecified atom stereocenters. The normalized spacial score (nSPS) is 30.0. The van der Waals surface area contributed by atoms with Gasteiger partial charge in [0.05, 0.1) is 24.8 Å². The Morgan fingerprint density at radius 2 is 1.92 bits per heavy atom. The summed E-state index contributed by atoms with van der Waals surface area (Å²) in [6.45, 7) is 13.7. The molecule has 1 fully saturated rings. The fraction of sp³-hybridized carbons (Fsp3) is 0.590. The molecule has 4 aliphatic rings. The van der Waals surface area contributed by atoms with Gasteiger partial charge in [0, 0.05) is 37.1 Å². The number of hydrogen-bond acceptors (Lipinski definition) is 6. The maximum Gasteiger partial charge on any atom is 0.340 e. The number of amides is 1. The number of carboxylic acid groups (broad SMARTS) is 1. The number of carbonyl (C=O) groups is 2. The molecule has 5 atom stereocenters. The average molecular weight is 709 g/mol. The fourth-order valence-corrected chi connectivity index (χ4v) is 9.46. The van der Waals surface area contributed by atoms with Crippen molar-refractivity contribution in [3.05, 3.63) is 70.3 Å². The summed E-state index contributed by atoms with van der Waals surface area (Å²) >= 11 is 6.47. The number of anilines is 1. The zero-order valence-electron chi connectivity index (χ0n) is 29.9. The third kappa shape index (κ3) is 6.93. The number of benzene rings is 2. The van der Waals surface area contributed by atoms with E-state index in [1.165, 1.54) is 16.0 Å². The average Bonchev–Trinajstić information content (AvgIpc) is 3.16. The van der Waals surface area contributed by atoms with Gasteiger partial charge in [-0.05, 0) is 109 Å². The minimum absolute atomic E-state index is 0.0359. The quantitative estimate of drug-likeness (QED) is 0.255. The lowest BCUT2D eigenvalue weighted by Gasteiger charge is -2.48. The molecule has 0 radical (unpaired) electrons. The zero-order valence-corrected chi connectivity index (χ0v) is 31.7. The third-order valence-electron chi connectivity index (χ3n) is 12.2. The van der Waals surface area contributed by atoms with Gasteiger partial charge in [-0.15, -0.1) is 0 Å². The SMILES string of the molecule is CN1CC/C=C\[C@H](O[Si](C)(C)C(C)(C)C)[C@@H]2CC[C@H]2CN2C[C@@]3(CCCc4cc(Cl)ccc43)COc3ccc(cc32)[C@](O)(C(=O)O)CC1=O. The van der Waals surface area contributed by atoms with Gasteiger partial charge in [0.2, 0.25) is 5.91 Å². The maximum absolute atomic E-state index is 13.4. The summed E-state index contributed by atoms with van der Waals surface area (Å²) in [5, 5.41) is 22.9. The first-order chi connectivity index (χ1) is 23.0. The lowest BCUT2D eigenvalue weighted by atomic mass is 9.68. The molecule has 2 aromatic rings. The molecule has 2 N–H and O–H groups in total. The highest BCUT2D eigenvalue weighted by Gasteiger charge is 2.48. The number of carbonyl (C=O) groups excluding carboxylic acids is 1. The van der Waals surface area contributed by atoms with E-state index in [4.69, 9.17) is 20.8 Å². The van der Waals surface area contributed by atoms with Crippen LogP contribution in [-0.4, -0.2) is 74.7 Å². The van der Waals surface area contributed by atoms with Gasteiger partial charge in [-0.25, -0.2) is 4.79 Å². The van der Waals surface area contributed by atoms with Gasteiger partial charge >= 0.3 is 5.97 Å². The standard InChI is InChI=1S/C39H53ClN2O6Si/c1-37(2,3)49(5,6)48-33-11-7-8-19-41(4)35(43)22-39(46,36(44)45)28-13-17-34-32(21-28)42(23-27-12-15-30(27)33)24-38(25-47-34)18-9-10-26-20-29(40)14-16-31(26)38/h7,11,13-14,16-17,20-21,27,30,33,46H,8-10,12,15,18-19,22-25H2,1-6H3,(H,44,45)/b11-7-/t27-,30+,33-,38-,39-/m0/s1. The van der Waals surface area contributed by atoms with Gasteiger partial charge in [-0.1, -0.05) is 56.7 Å². The van der Waals surface area contributed by atoms with Crippen LogP contribution in [0, 0.1) is 11.8 Å². The van der Waals surface area contributed by atoms with Gasteiger partial charge < -0.3 is 29.2 Å². The number of aliphatic hydroxyl groups is 1. The number of aliphatic carboxylic acids is 1. The van der Waals surface area contributed by atoms with Gasteiger partial charge in [0.25, 0.3) is 0 Å². The molecule has 1 spiro atoms. The van der Waals surface area contributed by atoms with E-state index in [0.29, 0.717) is 43.7 Å². The number of aryl methyl sites for hydroxylation is 1. The molecule has 2 aliphatic heterocycles. The second-order valence-electron chi connectivity index (χ2n) is 16.5. The van der Waals surface area contributed by atoms with E-state index >= 15 is 0 Å². The van der Waals surface area contributed by atoms with Crippen molar-refractivity contribution in [2.45, 2.75) is 101 Å². The molecule has 8 nitrogen and oxygen atoms in total. The van der Waals surface area contributed by atoms with Crippen molar-refractivity contribution in [2.75, 3.05) is 38.2 Å². The number of fused-ring (bicyclic) bond motifs is 4. The van der Waals surface area contributed by atoms with Crippen molar-refractivity contribution in [1.29, 1.82) is 0 Å². The van der Waals surface area contributed by atoms with Gasteiger partial charge in [0.1, 0.15) is 5.75 Å². The van der Waals surface area contributed by atoms with Crippen molar-refractivity contribution in [3.8, 4) is 5.75 Å². The van der Waals surface area contributed by atoms with E-state index < -0.39 is 32.2 Å². The van der Waals surface area contributed by atoms with Crippen LogP contribution in [0.4, 0.5) is 5.69 Å². The predicted octanol–water partition coefficient (Wildman–Crippen LogP) is 7.31. The number of carboxylic acids is 1. The lowest BCUT2D eigenvalue weighted by Crippen LogP contribution is -2.52. The number of rotatable bonds is 3. The van der Waals surface area contributed by atoms with Crippen molar-refractivity contribution < 1.29 is 29.0 Å². The molecule has 6 rings (SSSR count). The molecule has 2 heterocycles. The van der Waals surface area contributed by atoms with Crippen LogP contribution >= 0.6 is 11.6 Å². The van der Waals surface area contributed by atoms with Crippen LogP contribution < -0.4 is 9.64 Å². The Hall–Kier alpha value is -2.85.